The molecule has 3 N–H and O–H groups in total. The number of allylic oxidation sites excluding steroid dienone is 1. The number of hydrogen-bond acceptors (Lipinski definition) is 5. The highest BCUT2D eigenvalue weighted by atomic mass is 32.2. The molecule has 2 aromatic rings. The summed E-state index contributed by atoms with van der Waals surface area (Å²) in [6.45, 7) is 0.703. The maximum atomic E-state index is 12.5. The number of thioether (sulfide) groups is 1. The smallest absolute Gasteiger partial charge is 0.306 e. The van der Waals surface area contributed by atoms with Gasteiger partial charge >= 0.3 is 5.97 Å². The van der Waals surface area contributed by atoms with Gasteiger partial charge in [0.1, 0.15) is 5.75 Å². The van der Waals surface area contributed by atoms with Crippen LogP contribution in [0, 0.1) is 5.92 Å². The van der Waals surface area contributed by atoms with Crippen molar-refractivity contribution in [3.63, 3.8) is 0 Å². The number of carbonyl (C=O) groups is 3. The number of ether oxygens (including phenoxy) is 1. The number of rotatable bonds is 9. The summed E-state index contributed by atoms with van der Waals surface area (Å²) in [5, 5.41) is 16.7. The van der Waals surface area contributed by atoms with Gasteiger partial charge in [-0.2, -0.15) is 0 Å². The van der Waals surface area contributed by atoms with E-state index in [2.05, 4.69) is 16.0 Å². The molecule has 1 saturated carbocycles. The third-order valence-corrected chi connectivity index (χ3v) is 7.50. The Bertz CT molecular complexity index is 1060. The molecule has 0 radical (unpaired) electrons. The molecule has 1 fully saturated rings. The summed E-state index contributed by atoms with van der Waals surface area (Å²) in [6, 6.07) is 17.0. The van der Waals surface area contributed by atoms with Crippen molar-refractivity contribution in [2.24, 2.45) is 5.92 Å². The van der Waals surface area contributed by atoms with Crippen molar-refractivity contribution in [1.29, 1.82) is 0 Å². The molecule has 1 unspecified atom stereocenters. The Balaban J connectivity index is 1.14. The summed E-state index contributed by atoms with van der Waals surface area (Å²) in [5.41, 5.74) is 2.83. The Labute approximate surface area is 209 Å². The molecule has 184 valence electrons. The SMILES string of the molecule is O=C(NCCNC(=O)C1CC(c2ccccc2)=CS1)c1ccc(O[C@H]2CC[C@@H](C(=O)O)CC2)cc1. The molecule has 1 aliphatic carbocycles. The summed E-state index contributed by atoms with van der Waals surface area (Å²) in [7, 11) is 0. The van der Waals surface area contributed by atoms with Crippen molar-refractivity contribution in [3.8, 4) is 5.75 Å². The van der Waals surface area contributed by atoms with Gasteiger partial charge in [-0.15, -0.1) is 11.8 Å². The second-order valence-electron chi connectivity index (χ2n) is 8.84. The second kappa shape index (κ2) is 11.9. The first-order valence-electron chi connectivity index (χ1n) is 11.9. The summed E-state index contributed by atoms with van der Waals surface area (Å²) < 4.78 is 5.95. The number of benzene rings is 2. The third-order valence-electron chi connectivity index (χ3n) is 6.37. The van der Waals surface area contributed by atoms with E-state index in [-0.39, 0.29) is 29.1 Å². The van der Waals surface area contributed by atoms with Gasteiger partial charge in [-0.1, -0.05) is 30.3 Å². The van der Waals surface area contributed by atoms with Crippen molar-refractivity contribution in [2.45, 2.75) is 43.5 Å². The zero-order chi connectivity index (χ0) is 24.6. The van der Waals surface area contributed by atoms with E-state index in [1.807, 2.05) is 30.3 Å². The van der Waals surface area contributed by atoms with Gasteiger partial charge in [-0.05, 0) is 72.9 Å². The number of hydrogen-bond donors (Lipinski definition) is 3. The zero-order valence-electron chi connectivity index (χ0n) is 19.4. The molecule has 4 rings (SSSR count). The van der Waals surface area contributed by atoms with E-state index in [1.54, 1.807) is 24.3 Å². The standard InChI is InChI=1S/C27H30N2O5S/c30-25(19-6-10-22(11-7-19)34-23-12-8-20(9-13-23)27(32)33)28-14-15-29-26(31)24-16-21(17-35-24)18-4-2-1-3-5-18/h1-7,10-11,17,20,23-24H,8-9,12-16H2,(H,28,30)(H,29,31)(H,32,33)/t20-,23+,24?. The van der Waals surface area contributed by atoms with Crippen LogP contribution < -0.4 is 15.4 Å². The average Bonchev–Trinajstić information content (AvgIpc) is 3.38. The molecule has 7 nitrogen and oxygen atoms in total. The number of carboxylic acid groups (broad SMARTS) is 1. The molecule has 1 heterocycles. The lowest BCUT2D eigenvalue weighted by Gasteiger charge is -2.26. The van der Waals surface area contributed by atoms with Crippen LogP contribution in [-0.4, -0.2) is 47.3 Å². The van der Waals surface area contributed by atoms with Crippen LogP contribution in [0.3, 0.4) is 0 Å². The monoisotopic (exact) mass is 494 g/mol. The fourth-order valence-corrected chi connectivity index (χ4v) is 5.38. The molecule has 0 saturated heterocycles. The number of amides is 2. The van der Waals surface area contributed by atoms with Crippen molar-refractivity contribution >= 4 is 35.1 Å². The summed E-state index contributed by atoms with van der Waals surface area (Å²) in [4.78, 5) is 35.9. The first-order valence-corrected chi connectivity index (χ1v) is 12.9. The highest BCUT2D eigenvalue weighted by Gasteiger charge is 2.27. The summed E-state index contributed by atoms with van der Waals surface area (Å²) in [5.74, 6) is -0.567. The van der Waals surface area contributed by atoms with Crippen LogP contribution in [0.2, 0.25) is 0 Å². The van der Waals surface area contributed by atoms with Crippen molar-refractivity contribution < 1.29 is 24.2 Å². The van der Waals surface area contributed by atoms with Gasteiger partial charge < -0.3 is 20.5 Å². The lowest BCUT2D eigenvalue weighted by Crippen LogP contribution is -2.38. The Kier molecular flexibility index (Phi) is 8.47. The maximum absolute atomic E-state index is 12.5. The molecule has 0 bridgehead atoms. The Morgan fingerprint density at radius 2 is 1.60 bits per heavy atom. The van der Waals surface area contributed by atoms with E-state index in [0.29, 0.717) is 56.5 Å². The number of aliphatic carboxylic acids is 1. The number of nitrogens with one attached hydrogen (secondary N) is 2. The largest absolute Gasteiger partial charge is 0.490 e. The van der Waals surface area contributed by atoms with Crippen LogP contribution in [0.4, 0.5) is 0 Å². The molecule has 0 aromatic heterocycles. The molecule has 1 aliphatic heterocycles. The van der Waals surface area contributed by atoms with Crippen LogP contribution in [0.15, 0.2) is 60.0 Å². The normalized spacial score (nSPS) is 21.6. The minimum absolute atomic E-state index is 0.00545. The van der Waals surface area contributed by atoms with Crippen LogP contribution in [-0.2, 0) is 9.59 Å². The van der Waals surface area contributed by atoms with Gasteiger partial charge in [-0.25, -0.2) is 0 Å². The minimum atomic E-state index is -0.731. The highest BCUT2D eigenvalue weighted by Crippen LogP contribution is 2.36. The fraction of sp³-hybridized carbons (Fsp3) is 0.370. The predicted octanol–water partition coefficient (Wildman–Crippen LogP) is 4.10. The second-order valence-corrected chi connectivity index (χ2v) is 9.92. The molecule has 1 atom stereocenters. The highest BCUT2D eigenvalue weighted by molar-refractivity contribution is 8.03. The number of carbonyl (C=O) groups excluding carboxylic acids is 2. The van der Waals surface area contributed by atoms with Gasteiger partial charge in [-0.3, -0.25) is 14.4 Å². The van der Waals surface area contributed by atoms with E-state index in [1.165, 1.54) is 17.3 Å². The van der Waals surface area contributed by atoms with Crippen LogP contribution in [0.1, 0.15) is 48.0 Å². The number of carboxylic acids is 1. The molecule has 35 heavy (non-hydrogen) atoms. The lowest BCUT2D eigenvalue weighted by molar-refractivity contribution is -0.143. The summed E-state index contributed by atoms with van der Waals surface area (Å²) >= 11 is 1.53. The maximum Gasteiger partial charge on any atom is 0.306 e. The minimum Gasteiger partial charge on any atom is -0.490 e. The van der Waals surface area contributed by atoms with Gasteiger partial charge in [0.05, 0.1) is 17.3 Å². The molecule has 2 amide bonds. The van der Waals surface area contributed by atoms with Gasteiger partial charge in [0.2, 0.25) is 5.91 Å². The molecule has 2 aromatic carbocycles. The van der Waals surface area contributed by atoms with E-state index in [0.717, 1.165) is 5.56 Å². The van der Waals surface area contributed by atoms with E-state index >= 15 is 0 Å². The van der Waals surface area contributed by atoms with E-state index in [4.69, 9.17) is 9.84 Å². The van der Waals surface area contributed by atoms with Crippen molar-refractivity contribution in [2.75, 3.05) is 13.1 Å². The lowest BCUT2D eigenvalue weighted by atomic mass is 9.87. The van der Waals surface area contributed by atoms with E-state index < -0.39 is 5.97 Å². The zero-order valence-corrected chi connectivity index (χ0v) is 20.3. The Hall–Kier alpha value is -3.26. The Morgan fingerprint density at radius 3 is 2.29 bits per heavy atom. The quantitative estimate of drug-likeness (QED) is 0.454. The topological polar surface area (TPSA) is 105 Å². The predicted molar refractivity (Wildman–Crippen MR) is 136 cm³/mol. The van der Waals surface area contributed by atoms with Crippen LogP contribution in [0.25, 0.3) is 5.57 Å². The Morgan fingerprint density at radius 1 is 0.914 bits per heavy atom. The fourth-order valence-electron chi connectivity index (χ4n) is 4.34. The van der Waals surface area contributed by atoms with Crippen LogP contribution >= 0.6 is 11.8 Å². The first-order chi connectivity index (χ1) is 17.0. The van der Waals surface area contributed by atoms with E-state index in [9.17, 15) is 14.4 Å². The van der Waals surface area contributed by atoms with Crippen LogP contribution in [0.5, 0.6) is 5.75 Å². The molecular weight excluding hydrogens is 464 g/mol. The van der Waals surface area contributed by atoms with Crippen molar-refractivity contribution in [1.82, 2.24) is 10.6 Å². The first kappa shape index (κ1) is 24.9. The van der Waals surface area contributed by atoms with Crippen molar-refractivity contribution in [3.05, 3.63) is 71.1 Å². The molecule has 2 aliphatic rings. The molecule has 0 spiro atoms. The third kappa shape index (κ3) is 6.88. The van der Waals surface area contributed by atoms with Gasteiger partial charge in [0.15, 0.2) is 0 Å². The average molecular weight is 495 g/mol. The summed E-state index contributed by atoms with van der Waals surface area (Å²) in [6.07, 6.45) is 3.39. The van der Waals surface area contributed by atoms with Gasteiger partial charge in [0, 0.05) is 18.7 Å². The van der Waals surface area contributed by atoms with Gasteiger partial charge in [0.25, 0.3) is 5.91 Å². The molecule has 8 heteroatoms. The molecular formula is C27H30N2O5S.